The molecule has 0 spiro atoms. The van der Waals surface area contributed by atoms with Crippen LogP contribution in [-0.2, 0) is 17.9 Å². The topological polar surface area (TPSA) is 69.0 Å². The van der Waals surface area contributed by atoms with Crippen LogP contribution >= 0.6 is 35.0 Å². The monoisotopic (exact) mass is 476 g/mol. The standard InChI is InChI=1S/C22H22Cl2N4O2S/c1-4-7-28-20(12-30-17-9-14(2)8-15(3)10-17)26-27-22(28)31-13-21(29)25-19-6-5-16(23)11-18(19)24/h4-6,8-11H,1,7,12-13H2,2-3H3,(H,25,29). The molecule has 0 unspecified atom stereocenters. The molecule has 9 heteroatoms. The van der Waals surface area contributed by atoms with Crippen molar-refractivity contribution in [2.75, 3.05) is 11.1 Å². The maximum Gasteiger partial charge on any atom is 0.234 e. The smallest absolute Gasteiger partial charge is 0.234 e. The van der Waals surface area contributed by atoms with Crippen LogP contribution in [0, 0.1) is 13.8 Å². The number of carbonyl (C=O) groups excluding carboxylic acids is 1. The zero-order chi connectivity index (χ0) is 22.4. The first-order valence-electron chi connectivity index (χ1n) is 9.47. The Morgan fingerprint density at radius 1 is 1.19 bits per heavy atom. The molecule has 0 aliphatic heterocycles. The van der Waals surface area contributed by atoms with Crippen molar-refractivity contribution in [1.29, 1.82) is 0 Å². The zero-order valence-electron chi connectivity index (χ0n) is 17.2. The highest BCUT2D eigenvalue weighted by molar-refractivity contribution is 7.99. The molecule has 6 nitrogen and oxygen atoms in total. The van der Waals surface area contributed by atoms with Crippen molar-refractivity contribution in [1.82, 2.24) is 14.8 Å². The highest BCUT2D eigenvalue weighted by Crippen LogP contribution is 2.26. The van der Waals surface area contributed by atoms with Crippen LogP contribution in [0.1, 0.15) is 17.0 Å². The number of amides is 1. The van der Waals surface area contributed by atoms with Gasteiger partial charge in [-0.25, -0.2) is 0 Å². The molecular weight excluding hydrogens is 455 g/mol. The Hall–Kier alpha value is -2.48. The van der Waals surface area contributed by atoms with E-state index in [9.17, 15) is 4.79 Å². The van der Waals surface area contributed by atoms with Gasteiger partial charge in [0.1, 0.15) is 12.4 Å². The minimum absolute atomic E-state index is 0.145. The van der Waals surface area contributed by atoms with Gasteiger partial charge in [0.2, 0.25) is 5.91 Å². The van der Waals surface area contributed by atoms with E-state index in [1.54, 1.807) is 24.3 Å². The second-order valence-corrected chi connectivity index (χ2v) is 8.66. The van der Waals surface area contributed by atoms with Gasteiger partial charge < -0.3 is 10.1 Å². The average Bonchev–Trinajstić information content (AvgIpc) is 3.08. The second-order valence-electron chi connectivity index (χ2n) is 6.87. The maximum atomic E-state index is 12.3. The number of ether oxygens (including phenoxy) is 1. The summed E-state index contributed by atoms with van der Waals surface area (Å²) in [6.45, 7) is 8.61. The Morgan fingerprint density at radius 3 is 2.61 bits per heavy atom. The van der Waals surface area contributed by atoms with Crippen molar-refractivity contribution in [3.63, 3.8) is 0 Å². The van der Waals surface area contributed by atoms with Gasteiger partial charge in [-0.2, -0.15) is 0 Å². The summed E-state index contributed by atoms with van der Waals surface area (Å²) in [7, 11) is 0. The highest BCUT2D eigenvalue weighted by Gasteiger charge is 2.15. The van der Waals surface area contributed by atoms with E-state index in [2.05, 4.69) is 28.2 Å². The molecule has 1 amide bonds. The van der Waals surface area contributed by atoms with Crippen molar-refractivity contribution in [2.24, 2.45) is 0 Å². The van der Waals surface area contributed by atoms with E-state index in [4.69, 9.17) is 27.9 Å². The fraction of sp³-hybridized carbons (Fsp3) is 0.227. The molecule has 1 aromatic heterocycles. The number of hydrogen-bond donors (Lipinski definition) is 1. The van der Waals surface area contributed by atoms with Gasteiger partial charge in [-0.3, -0.25) is 9.36 Å². The molecule has 0 radical (unpaired) electrons. The van der Waals surface area contributed by atoms with Crippen LogP contribution in [0.25, 0.3) is 0 Å². The molecule has 1 heterocycles. The lowest BCUT2D eigenvalue weighted by Crippen LogP contribution is -2.15. The first-order chi connectivity index (χ1) is 14.9. The summed E-state index contributed by atoms with van der Waals surface area (Å²) in [6.07, 6.45) is 1.75. The Labute approximate surface area is 195 Å². The van der Waals surface area contributed by atoms with E-state index in [0.29, 0.717) is 33.3 Å². The van der Waals surface area contributed by atoms with E-state index in [0.717, 1.165) is 16.9 Å². The molecule has 0 aliphatic rings. The number of carbonyl (C=O) groups is 1. The Bertz CT molecular complexity index is 1080. The molecule has 31 heavy (non-hydrogen) atoms. The number of aryl methyl sites for hydroxylation is 2. The molecule has 3 rings (SSSR count). The first-order valence-corrected chi connectivity index (χ1v) is 11.2. The summed E-state index contributed by atoms with van der Waals surface area (Å²) in [5, 5.41) is 12.7. The summed E-state index contributed by atoms with van der Waals surface area (Å²) < 4.78 is 7.79. The fourth-order valence-electron chi connectivity index (χ4n) is 2.92. The van der Waals surface area contributed by atoms with Crippen LogP contribution in [-0.4, -0.2) is 26.4 Å². The van der Waals surface area contributed by atoms with Crippen LogP contribution in [0.15, 0.2) is 54.2 Å². The summed E-state index contributed by atoms with van der Waals surface area (Å²) in [4.78, 5) is 12.3. The van der Waals surface area contributed by atoms with Crippen molar-refractivity contribution >= 4 is 46.6 Å². The molecule has 0 saturated carbocycles. The third-order valence-electron chi connectivity index (χ3n) is 4.21. The van der Waals surface area contributed by atoms with Gasteiger partial charge in [-0.05, 0) is 55.3 Å². The lowest BCUT2D eigenvalue weighted by molar-refractivity contribution is -0.113. The first kappa shape index (κ1) is 23.2. The largest absolute Gasteiger partial charge is 0.486 e. The molecule has 3 aromatic rings. The Balaban J connectivity index is 1.64. The summed E-state index contributed by atoms with van der Waals surface area (Å²) in [6, 6.07) is 10.9. The Kier molecular flexibility index (Phi) is 8.01. The van der Waals surface area contributed by atoms with E-state index in [1.807, 2.05) is 30.5 Å². The zero-order valence-corrected chi connectivity index (χ0v) is 19.5. The fourth-order valence-corrected chi connectivity index (χ4v) is 4.14. The molecule has 2 aromatic carbocycles. The molecule has 0 aliphatic carbocycles. The van der Waals surface area contributed by atoms with Gasteiger partial charge in [-0.1, -0.05) is 47.1 Å². The lowest BCUT2D eigenvalue weighted by Gasteiger charge is -2.10. The van der Waals surface area contributed by atoms with Crippen LogP contribution in [0.3, 0.4) is 0 Å². The molecule has 0 bridgehead atoms. The van der Waals surface area contributed by atoms with E-state index in [1.165, 1.54) is 11.8 Å². The van der Waals surface area contributed by atoms with Gasteiger partial charge in [0.25, 0.3) is 0 Å². The number of nitrogens with one attached hydrogen (secondary N) is 1. The molecule has 162 valence electrons. The third-order valence-corrected chi connectivity index (χ3v) is 5.72. The van der Waals surface area contributed by atoms with Crippen LogP contribution < -0.4 is 10.1 Å². The molecule has 0 fully saturated rings. The van der Waals surface area contributed by atoms with Gasteiger partial charge in [-0.15, -0.1) is 16.8 Å². The van der Waals surface area contributed by atoms with Crippen LogP contribution in [0.2, 0.25) is 10.0 Å². The van der Waals surface area contributed by atoms with Crippen molar-refractivity contribution in [2.45, 2.75) is 32.2 Å². The number of thioether (sulfide) groups is 1. The highest BCUT2D eigenvalue weighted by atomic mass is 35.5. The lowest BCUT2D eigenvalue weighted by atomic mass is 10.1. The van der Waals surface area contributed by atoms with E-state index in [-0.39, 0.29) is 18.3 Å². The quantitative estimate of drug-likeness (QED) is 0.316. The minimum atomic E-state index is -0.213. The number of halogens is 2. The third kappa shape index (κ3) is 6.50. The predicted octanol–water partition coefficient (Wildman–Crippen LogP) is 5.70. The van der Waals surface area contributed by atoms with Crippen molar-refractivity contribution in [3.8, 4) is 5.75 Å². The van der Waals surface area contributed by atoms with Crippen molar-refractivity contribution < 1.29 is 9.53 Å². The normalized spacial score (nSPS) is 10.7. The summed E-state index contributed by atoms with van der Waals surface area (Å²) in [5.41, 5.74) is 2.77. The summed E-state index contributed by atoms with van der Waals surface area (Å²) in [5.74, 6) is 1.36. The van der Waals surface area contributed by atoms with Crippen LogP contribution in [0.5, 0.6) is 5.75 Å². The number of aromatic nitrogens is 3. The van der Waals surface area contributed by atoms with Crippen molar-refractivity contribution in [3.05, 3.63) is 76.0 Å². The predicted molar refractivity (Wildman–Crippen MR) is 126 cm³/mol. The van der Waals surface area contributed by atoms with E-state index >= 15 is 0 Å². The molecule has 0 saturated heterocycles. The second kappa shape index (κ2) is 10.7. The maximum absolute atomic E-state index is 12.3. The van der Waals surface area contributed by atoms with Gasteiger partial charge in [0, 0.05) is 11.6 Å². The SMILES string of the molecule is C=CCn1c(COc2cc(C)cc(C)c2)nnc1SCC(=O)Nc1ccc(Cl)cc1Cl. The number of allylic oxidation sites excluding steroid dienone is 1. The molecule has 1 N–H and O–H groups in total. The number of hydrogen-bond acceptors (Lipinski definition) is 5. The van der Waals surface area contributed by atoms with Gasteiger partial charge in [0.05, 0.1) is 16.5 Å². The Morgan fingerprint density at radius 2 is 1.94 bits per heavy atom. The van der Waals surface area contributed by atoms with Gasteiger partial charge in [0.15, 0.2) is 11.0 Å². The number of nitrogens with zero attached hydrogens (tertiary/aromatic N) is 3. The minimum Gasteiger partial charge on any atom is -0.486 e. The number of rotatable bonds is 9. The molecular formula is C22H22Cl2N4O2S. The molecule has 0 atom stereocenters. The van der Waals surface area contributed by atoms with Gasteiger partial charge >= 0.3 is 0 Å². The summed E-state index contributed by atoms with van der Waals surface area (Å²) >= 11 is 13.3. The number of benzene rings is 2. The average molecular weight is 477 g/mol. The van der Waals surface area contributed by atoms with E-state index < -0.39 is 0 Å². The number of anilines is 1. The van der Waals surface area contributed by atoms with Crippen LogP contribution in [0.4, 0.5) is 5.69 Å².